The first kappa shape index (κ1) is 26.9. The molecule has 0 fully saturated rings. The van der Waals surface area contributed by atoms with Crippen LogP contribution in [0.25, 0.3) is 0 Å². The van der Waals surface area contributed by atoms with Crippen LogP contribution in [0.4, 0.5) is 19.0 Å². The molecule has 1 aromatic carbocycles. The number of anilines is 1. The molecule has 10 nitrogen and oxygen atoms in total. The third-order valence-electron chi connectivity index (χ3n) is 4.75. The van der Waals surface area contributed by atoms with Gasteiger partial charge in [0, 0.05) is 44.3 Å². The minimum Gasteiger partial charge on any atom is -0.425 e. The highest BCUT2D eigenvalue weighted by Gasteiger charge is 2.32. The summed E-state index contributed by atoms with van der Waals surface area (Å²) in [6.07, 6.45) is -4.71. The van der Waals surface area contributed by atoms with Gasteiger partial charge in [0.1, 0.15) is 16.5 Å². The number of amides is 2. The maximum atomic E-state index is 13.5. The Morgan fingerprint density at radius 3 is 2.56 bits per heavy atom. The van der Waals surface area contributed by atoms with Gasteiger partial charge < -0.3 is 19.9 Å². The van der Waals surface area contributed by atoms with Crippen LogP contribution >= 0.6 is 11.3 Å². The number of hydrogen-bond acceptors (Lipinski definition) is 9. The van der Waals surface area contributed by atoms with Gasteiger partial charge in [0.25, 0.3) is 5.91 Å². The predicted octanol–water partition coefficient (Wildman–Crippen LogP) is 3.80. The van der Waals surface area contributed by atoms with Gasteiger partial charge >= 0.3 is 12.4 Å². The number of thiazole rings is 1. The lowest BCUT2D eigenvalue weighted by atomic mass is 10.3. The van der Waals surface area contributed by atoms with Crippen LogP contribution in [0.5, 0.6) is 17.5 Å². The highest BCUT2D eigenvalue weighted by atomic mass is 32.1. The van der Waals surface area contributed by atoms with E-state index in [0.717, 1.165) is 22.7 Å². The summed E-state index contributed by atoms with van der Waals surface area (Å²) in [4.78, 5) is 35.4. The van der Waals surface area contributed by atoms with E-state index in [9.17, 15) is 27.9 Å². The molecule has 2 N–H and O–H groups in total. The Bertz CT molecular complexity index is 1230. The summed E-state index contributed by atoms with van der Waals surface area (Å²) in [5.41, 5.74) is 0.737. The highest BCUT2D eigenvalue weighted by molar-refractivity contribution is 7.09. The summed E-state index contributed by atoms with van der Waals surface area (Å²) < 4.78 is 49.1. The fraction of sp³-hybridized carbons (Fsp3) is 0.364. The molecule has 0 aliphatic carbocycles. The van der Waals surface area contributed by atoms with Crippen molar-refractivity contribution < 1.29 is 37.3 Å². The van der Waals surface area contributed by atoms with Gasteiger partial charge in [-0.3, -0.25) is 19.1 Å². The molecule has 3 rings (SSSR count). The van der Waals surface area contributed by atoms with E-state index in [4.69, 9.17) is 4.74 Å². The number of aliphatic hydroxyl groups excluding tert-OH is 1. The molecule has 0 bridgehead atoms. The van der Waals surface area contributed by atoms with Gasteiger partial charge in [-0.15, -0.1) is 24.5 Å². The molecule has 0 radical (unpaired) electrons. The number of aryl methyl sites for hydroxylation is 1. The number of aliphatic hydroxyl groups is 1. The van der Waals surface area contributed by atoms with E-state index in [0.29, 0.717) is 5.01 Å². The van der Waals surface area contributed by atoms with Crippen LogP contribution in [0, 0.1) is 6.92 Å². The summed E-state index contributed by atoms with van der Waals surface area (Å²) in [6.45, 7) is 2.81. The molecule has 2 heterocycles. The Labute approximate surface area is 208 Å². The van der Waals surface area contributed by atoms with E-state index in [2.05, 4.69) is 20.0 Å². The second-order valence-electron chi connectivity index (χ2n) is 7.49. The van der Waals surface area contributed by atoms with E-state index >= 15 is 0 Å². The van der Waals surface area contributed by atoms with Gasteiger partial charge in [0.05, 0.1) is 6.54 Å². The first-order valence-corrected chi connectivity index (χ1v) is 11.6. The summed E-state index contributed by atoms with van der Waals surface area (Å²) in [7, 11) is 1.52. The van der Waals surface area contributed by atoms with Crippen molar-refractivity contribution in [3.8, 4) is 17.5 Å². The van der Waals surface area contributed by atoms with Gasteiger partial charge in [-0.2, -0.15) is 4.98 Å². The number of aromatic nitrogens is 3. The van der Waals surface area contributed by atoms with Gasteiger partial charge in [-0.1, -0.05) is 6.07 Å². The number of ether oxygens (including phenoxy) is 2. The third-order valence-corrected chi connectivity index (χ3v) is 5.70. The van der Waals surface area contributed by atoms with Crippen molar-refractivity contribution in [3.63, 3.8) is 0 Å². The second kappa shape index (κ2) is 11.4. The molecule has 0 saturated heterocycles. The molecule has 36 heavy (non-hydrogen) atoms. The van der Waals surface area contributed by atoms with Crippen LogP contribution in [0.3, 0.4) is 0 Å². The number of imide groups is 1. The van der Waals surface area contributed by atoms with Crippen molar-refractivity contribution in [1.29, 1.82) is 0 Å². The van der Waals surface area contributed by atoms with Crippen LogP contribution < -0.4 is 14.8 Å². The summed E-state index contributed by atoms with van der Waals surface area (Å²) >= 11 is 1.33. The lowest BCUT2D eigenvalue weighted by Crippen LogP contribution is -2.38. The number of rotatable bonds is 10. The molecule has 3 aromatic rings. The number of alkyl halides is 3. The smallest absolute Gasteiger partial charge is 0.425 e. The molecule has 194 valence electrons. The van der Waals surface area contributed by atoms with Crippen molar-refractivity contribution in [2.45, 2.75) is 33.2 Å². The maximum Gasteiger partial charge on any atom is 0.573 e. The molecule has 14 heteroatoms. The van der Waals surface area contributed by atoms with Gasteiger partial charge in [-0.25, -0.2) is 4.98 Å². The molecular weight excluding hydrogens is 503 g/mol. The molecule has 0 aliphatic rings. The Kier molecular flexibility index (Phi) is 8.53. The molecule has 0 spiro atoms. The third kappa shape index (κ3) is 6.73. The SMILES string of the molecule is CNc1nc(Oc2cccc(OC(F)(F)F)c2)n(Cc2nc(C)cs2)c1C(=O)N(CCCO)C(C)=O. The Morgan fingerprint density at radius 2 is 1.97 bits per heavy atom. The van der Waals surface area contributed by atoms with E-state index in [1.807, 2.05) is 5.38 Å². The number of imidazole rings is 1. The Morgan fingerprint density at radius 1 is 1.25 bits per heavy atom. The first-order chi connectivity index (χ1) is 17.0. The summed E-state index contributed by atoms with van der Waals surface area (Å²) in [6, 6.07) is 4.74. The minimum absolute atomic E-state index is 0.0174. The van der Waals surface area contributed by atoms with Gasteiger partial charge in [0.15, 0.2) is 11.5 Å². The monoisotopic (exact) mass is 527 g/mol. The second-order valence-corrected chi connectivity index (χ2v) is 8.43. The Balaban J connectivity index is 2.07. The molecule has 0 atom stereocenters. The summed E-state index contributed by atoms with van der Waals surface area (Å²) in [5, 5.41) is 14.4. The first-order valence-electron chi connectivity index (χ1n) is 10.7. The highest BCUT2D eigenvalue weighted by Crippen LogP contribution is 2.32. The quantitative estimate of drug-likeness (QED) is 0.409. The van der Waals surface area contributed by atoms with Crippen molar-refractivity contribution in [1.82, 2.24) is 19.4 Å². The van der Waals surface area contributed by atoms with Gasteiger partial charge in [-0.05, 0) is 25.5 Å². The van der Waals surface area contributed by atoms with Crippen LogP contribution in [0.2, 0.25) is 0 Å². The average molecular weight is 528 g/mol. The molecule has 2 amide bonds. The largest absolute Gasteiger partial charge is 0.573 e. The number of benzene rings is 1. The van der Waals surface area contributed by atoms with E-state index in [1.54, 1.807) is 6.92 Å². The van der Waals surface area contributed by atoms with E-state index < -0.39 is 23.9 Å². The molecule has 0 aliphatic heterocycles. The lowest BCUT2D eigenvalue weighted by molar-refractivity contribution is -0.274. The zero-order valence-electron chi connectivity index (χ0n) is 19.6. The van der Waals surface area contributed by atoms with Crippen molar-refractivity contribution in [2.75, 3.05) is 25.5 Å². The lowest BCUT2D eigenvalue weighted by Gasteiger charge is -2.20. The van der Waals surface area contributed by atoms with Gasteiger partial charge in [0.2, 0.25) is 5.91 Å². The standard InChI is InChI=1S/C22H24F3N5O5S/c1-13-12-36-17(27-13)11-30-18(20(33)29(14(2)32)8-5-9-31)19(26-3)28-21(30)34-15-6-4-7-16(10-15)35-22(23,24)25/h4,6-7,10,12,26,31H,5,8-9,11H2,1-3H3. The topological polar surface area (TPSA) is 119 Å². The number of carbonyl (C=O) groups excluding carboxylic acids is 2. The number of carbonyl (C=O) groups is 2. The zero-order valence-corrected chi connectivity index (χ0v) is 20.4. The fourth-order valence-electron chi connectivity index (χ4n) is 3.26. The van der Waals surface area contributed by atoms with Crippen molar-refractivity contribution in [3.05, 3.63) is 46.0 Å². The van der Waals surface area contributed by atoms with E-state index in [1.165, 1.54) is 42.0 Å². The van der Waals surface area contributed by atoms with Crippen molar-refractivity contribution >= 4 is 29.0 Å². The molecule has 0 saturated carbocycles. The summed E-state index contributed by atoms with van der Waals surface area (Å²) in [5.74, 6) is -1.66. The molecular formula is C22H24F3N5O5S. The van der Waals surface area contributed by atoms with Crippen LogP contribution in [-0.4, -0.2) is 62.9 Å². The fourth-order valence-corrected chi connectivity index (χ4v) is 4.02. The van der Waals surface area contributed by atoms with Crippen LogP contribution in [-0.2, 0) is 11.3 Å². The minimum atomic E-state index is -4.89. The molecule has 0 unspecified atom stereocenters. The number of nitrogens with zero attached hydrogens (tertiary/aromatic N) is 4. The molecule has 2 aromatic heterocycles. The average Bonchev–Trinajstić information content (AvgIpc) is 3.35. The zero-order chi connectivity index (χ0) is 26.5. The van der Waals surface area contributed by atoms with Crippen molar-refractivity contribution in [2.24, 2.45) is 0 Å². The van der Waals surface area contributed by atoms with Crippen LogP contribution in [0.15, 0.2) is 29.6 Å². The number of hydrogen-bond donors (Lipinski definition) is 2. The maximum absolute atomic E-state index is 13.5. The predicted molar refractivity (Wildman–Crippen MR) is 124 cm³/mol. The number of halogens is 3. The normalized spacial score (nSPS) is 11.3. The van der Waals surface area contributed by atoms with Crippen LogP contribution in [0.1, 0.15) is 34.5 Å². The Hall–Kier alpha value is -3.65. The number of nitrogens with one attached hydrogen (secondary N) is 1. The van der Waals surface area contributed by atoms with E-state index in [-0.39, 0.29) is 49.4 Å².